The summed E-state index contributed by atoms with van der Waals surface area (Å²) in [5, 5.41) is 9.14. The normalized spacial score (nSPS) is 17.7. The second-order valence-corrected chi connectivity index (χ2v) is 4.56. The van der Waals surface area contributed by atoms with Crippen LogP contribution in [0, 0.1) is 36.8 Å². The van der Waals surface area contributed by atoms with Gasteiger partial charge in [-0.1, -0.05) is 6.07 Å². The molecule has 84 valence electrons. The highest BCUT2D eigenvalue weighted by Crippen LogP contribution is 2.46. The number of nitriles is 1. The zero-order valence-electron chi connectivity index (χ0n) is 9.40. The minimum atomic E-state index is -0.926. The molecule has 16 heavy (non-hydrogen) atoms. The summed E-state index contributed by atoms with van der Waals surface area (Å²) in [6.07, 6.45) is 1.97. The molecule has 0 aromatic heterocycles. The van der Waals surface area contributed by atoms with Crippen LogP contribution in [0.1, 0.15) is 36.0 Å². The molecule has 1 saturated carbocycles. The highest BCUT2D eigenvalue weighted by molar-refractivity contribution is 5.43. The number of benzene rings is 1. The van der Waals surface area contributed by atoms with Crippen molar-refractivity contribution in [2.45, 2.75) is 38.5 Å². The summed E-state index contributed by atoms with van der Waals surface area (Å²) in [7, 11) is 0. The summed E-state index contributed by atoms with van der Waals surface area (Å²) in [5.74, 6) is -1.10. The van der Waals surface area contributed by atoms with Crippen LogP contribution in [0.2, 0.25) is 0 Å². The first-order chi connectivity index (χ1) is 7.52. The van der Waals surface area contributed by atoms with E-state index in [1.54, 1.807) is 13.8 Å². The lowest BCUT2D eigenvalue weighted by Crippen LogP contribution is -2.35. The van der Waals surface area contributed by atoms with Gasteiger partial charge in [-0.2, -0.15) is 5.26 Å². The van der Waals surface area contributed by atoms with Gasteiger partial charge in [0, 0.05) is 5.56 Å². The smallest absolute Gasteiger partial charge is 0.133 e. The maximum absolute atomic E-state index is 14.0. The molecule has 0 aliphatic heterocycles. The lowest BCUT2D eigenvalue weighted by atomic mass is 9.64. The van der Waals surface area contributed by atoms with Crippen molar-refractivity contribution in [3.8, 4) is 6.07 Å². The Morgan fingerprint density at radius 1 is 1.19 bits per heavy atom. The second kappa shape index (κ2) is 3.55. The van der Waals surface area contributed by atoms with Crippen LogP contribution in [-0.2, 0) is 5.41 Å². The molecule has 0 unspecified atom stereocenters. The zero-order chi connectivity index (χ0) is 11.9. The van der Waals surface area contributed by atoms with Crippen LogP contribution in [0.4, 0.5) is 8.78 Å². The molecule has 1 fully saturated rings. The van der Waals surface area contributed by atoms with Crippen LogP contribution >= 0.6 is 0 Å². The van der Waals surface area contributed by atoms with Gasteiger partial charge in [0.2, 0.25) is 0 Å². The van der Waals surface area contributed by atoms with Crippen LogP contribution < -0.4 is 0 Å². The van der Waals surface area contributed by atoms with Crippen molar-refractivity contribution >= 4 is 0 Å². The van der Waals surface area contributed by atoms with Crippen LogP contribution in [0.25, 0.3) is 0 Å². The number of nitrogens with zero attached hydrogens (tertiary/aromatic N) is 1. The van der Waals surface area contributed by atoms with Crippen molar-refractivity contribution in [1.29, 1.82) is 5.26 Å². The highest BCUT2D eigenvalue weighted by Gasteiger charge is 2.43. The number of hydrogen-bond acceptors (Lipinski definition) is 1. The molecule has 3 heteroatoms. The van der Waals surface area contributed by atoms with Gasteiger partial charge >= 0.3 is 0 Å². The average molecular weight is 221 g/mol. The Labute approximate surface area is 93.7 Å². The largest absolute Gasteiger partial charge is 0.206 e. The third-order valence-corrected chi connectivity index (χ3v) is 3.46. The first kappa shape index (κ1) is 11.1. The van der Waals surface area contributed by atoms with Crippen molar-refractivity contribution in [1.82, 2.24) is 0 Å². The summed E-state index contributed by atoms with van der Waals surface area (Å²) in [6, 6.07) is 3.57. The minimum absolute atomic E-state index is 0.0150. The van der Waals surface area contributed by atoms with E-state index in [2.05, 4.69) is 6.07 Å². The quantitative estimate of drug-likeness (QED) is 0.711. The fraction of sp³-hybridized carbons (Fsp3) is 0.462. The number of halogens is 2. The summed E-state index contributed by atoms with van der Waals surface area (Å²) >= 11 is 0. The molecule has 0 bridgehead atoms. The van der Waals surface area contributed by atoms with Crippen molar-refractivity contribution in [2.24, 2.45) is 0 Å². The third-order valence-electron chi connectivity index (χ3n) is 3.46. The Kier molecular flexibility index (Phi) is 2.46. The molecule has 0 spiro atoms. The van der Waals surface area contributed by atoms with Crippen molar-refractivity contribution in [3.63, 3.8) is 0 Å². The van der Waals surface area contributed by atoms with E-state index in [4.69, 9.17) is 5.26 Å². The van der Waals surface area contributed by atoms with Crippen LogP contribution in [0.3, 0.4) is 0 Å². The molecule has 1 aliphatic rings. The van der Waals surface area contributed by atoms with E-state index < -0.39 is 17.0 Å². The Balaban J connectivity index is 2.69. The van der Waals surface area contributed by atoms with Crippen LogP contribution in [0.5, 0.6) is 0 Å². The topological polar surface area (TPSA) is 23.8 Å². The molecule has 0 heterocycles. The molecular weight excluding hydrogens is 208 g/mol. The maximum atomic E-state index is 14.0. The first-order valence-electron chi connectivity index (χ1n) is 5.39. The van der Waals surface area contributed by atoms with Gasteiger partial charge in [-0.25, -0.2) is 8.78 Å². The molecule has 0 atom stereocenters. The zero-order valence-corrected chi connectivity index (χ0v) is 9.40. The fourth-order valence-electron chi connectivity index (χ4n) is 2.31. The number of hydrogen-bond donors (Lipinski definition) is 0. The first-order valence-corrected chi connectivity index (χ1v) is 5.39. The van der Waals surface area contributed by atoms with Crippen molar-refractivity contribution in [2.75, 3.05) is 0 Å². The summed E-state index contributed by atoms with van der Waals surface area (Å²) in [6.45, 7) is 3.21. The van der Waals surface area contributed by atoms with E-state index in [-0.39, 0.29) is 5.56 Å². The Bertz CT molecular complexity index is 455. The molecule has 1 aromatic carbocycles. The molecule has 0 amide bonds. The van der Waals surface area contributed by atoms with Crippen LogP contribution in [0.15, 0.2) is 6.07 Å². The Morgan fingerprint density at radius 2 is 1.69 bits per heavy atom. The van der Waals surface area contributed by atoms with E-state index in [9.17, 15) is 8.78 Å². The average Bonchev–Trinajstić information content (AvgIpc) is 2.19. The van der Waals surface area contributed by atoms with E-state index in [0.29, 0.717) is 24.0 Å². The Morgan fingerprint density at radius 3 is 2.00 bits per heavy atom. The summed E-state index contributed by atoms with van der Waals surface area (Å²) < 4.78 is 27.9. The maximum Gasteiger partial charge on any atom is 0.133 e. The van der Waals surface area contributed by atoms with Gasteiger partial charge in [0.15, 0.2) is 0 Å². The number of aryl methyl sites for hydroxylation is 2. The highest BCUT2D eigenvalue weighted by atomic mass is 19.1. The summed E-state index contributed by atoms with van der Waals surface area (Å²) in [4.78, 5) is 0. The summed E-state index contributed by atoms with van der Waals surface area (Å²) in [5.41, 5.74) is -0.116. The van der Waals surface area contributed by atoms with E-state index in [0.717, 1.165) is 6.42 Å². The third kappa shape index (κ3) is 1.33. The predicted octanol–water partition coefficient (Wildman–Crippen LogP) is 3.53. The minimum Gasteiger partial charge on any atom is -0.206 e. The van der Waals surface area contributed by atoms with Gasteiger partial charge in [-0.3, -0.25) is 0 Å². The molecule has 0 N–H and O–H groups in total. The van der Waals surface area contributed by atoms with Gasteiger partial charge in [-0.05, 0) is 44.2 Å². The van der Waals surface area contributed by atoms with Crippen LogP contribution in [-0.4, -0.2) is 0 Å². The van der Waals surface area contributed by atoms with E-state index in [1.807, 2.05) is 0 Å². The molecule has 1 nitrogen and oxygen atoms in total. The SMILES string of the molecule is Cc1cc(C)c(F)c(C2(C#N)CCC2)c1F. The standard InChI is InChI=1S/C13H13F2N/c1-8-6-9(2)12(15)10(11(8)14)13(7-16)4-3-5-13/h6H,3-5H2,1-2H3. The molecule has 2 rings (SSSR count). The molecular formula is C13H13F2N. The second-order valence-electron chi connectivity index (χ2n) is 4.56. The van der Waals surface area contributed by atoms with Crippen molar-refractivity contribution in [3.05, 3.63) is 34.4 Å². The monoisotopic (exact) mass is 221 g/mol. The predicted molar refractivity (Wildman–Crippen MR) is 57.0 cm³/mol. The molecule has 1 aromatic rings. The van der Waals surface area contributed by atoms with E-state index >= 15 is 0 Å². The van der Waals surface area contributed by atoms with E-state index in [1.165, 1.54) is 6.07 Å². The molecule has 1 aliphatic carbocycles. The molecule has 0 radical (unpaired) electrons. The van der Waals surface area contributed by atoms with Gasteiger partial charge in [0.1, 0.15) is 11.6 Å². The van der Waals surface area contributed by atoms with Crippen molar-refractivity contribution < 1.29 is 8.78 Å². The van der Waals surface area contributed by atoms with Gasteiger partial charge in [0.05, 0.1) is 11.5 Å². The lowest BCUT2D eigenvalue weighted by molar-refractivity contribution is 0.300. The fourth-order valence-corrected chi connectivity index (χ4v) is 2.31. The lowest BCUT2D eigenvalue weighted by Gasteiger charge is -2.36. The van der Waals surface area contributed by atoms with Gasteiger partial charge in [0.25, 0.3) is 0 Å². The van der Waals surface area contributed by atoms with Gasteiger partial charge < -0.3 is 0 Å². The Hall–Kier alpha value is -1.43. The van der Waals surface area contributed by atoms with Gasteiger partial charge in [-0.15, -0.1) is 0 Å². The molecule has 0 saturated heterocycles. The number of rotatable bonds is 1.